The first-order chi connectivity index (χ1) is 17.1. The number of aryl methyl sites for hydroxylation is 1. The number of nitrogens with zero attached hydrogens (tertiary/aromatic N) is 2. The normalized spacial score (nSPS) is 11.1. The quantitative estimate of drug-likeness (QED) is 0.240. The van der Waals surface area contributed by atoms with Crippen LogP contribution in [0.2, 0.25) is 5.02 Å². The summed E-state index contributed by atoms with van der Waals surface area (Å²) in [6.45, 7) is 2.35. The monoisotopic (exact) mass is 487 g/mol. The third-order valence-corrected chi connectivity index (χ3v) is 5.85. The number of hydrogen-bond acceptors (Lipinski definition) is 5. The first kappa shape index (κ1) is 22.9. The molecule has 0 saturated carbocycles. The molecular weight excluding hydrogens is 465 g/mol. The number of aromatic nitrogens is 2. The maximum absolute atomic E-state index is 13.4. The third-order valence-electron chi connectivity index (χ3n) is 5.56. The summed E-state index contributed by atoms with van der Waals surface area (Å²) in [5, 5.41) is 4.63. The predicted octanol–water partition coefficient (Wildman–Crippen LogP) is 7.96. The van der Waals surface area contributed by atoms with Crippen molar-refractivity contribution in [2.45, 2.75) is 26.4 Å². The number of ether oxygens (including phenoxy) is 1. The molecule has 0 aliphatic heterocycles. The Morgan fingerprint density at radius 2 is 1.91 bits per heavy atom. The van der Waals surface area contributed by atoms with Crippen molar-refractivity contribution in [1.82, 2.24) is 9.97 Å². The molecule has 0 amide bonds. The molecule has 176 valence electrons. The van der Waals surface area contributed by atoms with Crippen LogP contribution in [0, 0.1) is 5.82 Å². The molecule has 0 radical (unpaired) electrons. The van der Waals surface area contributed by atoms with Gasteiger partial charge in [0.2, 0.25) is 0 Å². The molecule has 0 aliphatic carbocycles. The van der Waals surface area contributed by atoms with Crippen LogP contribution in [-0.4, -0.2) is 9.97 Å². The van der Waals surface area contributed by atoms with E-state index in [1.807, 2.05) is 36.4 Å². The van der Waals surface area contributed by atoms with E-state index in [-0.39, 0.29) is 12.4 Å². The Kier molecular flexibility index (Phi) is 6.64. The van der Waals surface area contributed by atoms with Gasteiger partial charge in [-0.2, -0.15) is 0 Å². The van der Waals surface area contributed by atoms with Crippen LogP contribution in [0.4, 0.5) is 15.9 Å². The van der Waals surface area contributed by atoms with Crippen LogP contribution in [0.3, 0.4) is 0 Å². The highest BCUT2D eigenvalue weighted by atomic mass is 35.5. The largest absolute Gasteiger partial charge is 0.487 e. The van der Waals surface area contributed by atoms with Crippen LogP contribution in [0.25, 0.3) is 22.2 Å². The average molecular weight is 488 g/mol. The number of nitrogens with one attached hydrogen (secondary N) is 1. The molecular formula is C28H23ClFN3O2. The summed E-state index contributed by atoms with van der Waals surface area (Å²) in [6.07, 6.45) is 3.46. The van der Waals surface area contributed by atoms with Crippen LogP contribution in [0.15, 0.2) is 83.5 Å². The van der Waals surface area contributed by atoms with Gasteiger partial charge in [0.1, 0.15) is 41.8 Å². The van der Waals surface area contributed by atoms with E-state index in [1.165, 1.54) is 18.5 Å². The van der Waals surface area contributed by atoms with Gasteiger partial charge >= 0.3 is 0 Å². The molecule has 0 spiro atoms. The van der Waals surface area contributed by atoms with E-state index in [4.69, 9.17) is 20.8 Å². The maximum atomic E-state index is 13.4. The Morgan fingerprint density at radius 1 is 1.00 bits per heavy atom. The van der Waals surface area contributed by atoms with E-state index in [2.05, 4.69) is 22.2 Å². The Labute approximate surface area is 207 Å². The van der Waals surface area contributed by atoms with Gasteiger partial charge in [0.05, 0.1) is 10.5 Å². The van der Waals surface area contributed by atoms with E-state index in [9.17, 15) is 4.39 Å². The summed E-state index contributed by atoms with van der Waals surface area (Å²) in [6, 6.07) is 21.7. The Balaban J connectivity index is 1.37. The zero-order valence-corrected chi connectivity index (χ0v) is 19.8. The lowest BCUT2D eigenvalue weighted by atomic mass is 10.1. The van der Waals surface area contributed by atoms with Gasteiger partial charge in [-0.05, 0) is 72.6 Å². The second kappa shape index (κ2) is 10.2. The van der Waals surface area contributed by atoms with E-state index in [0.717, 1.165) is 52.1 Å². The topological polar surface area (TPSA) is 60.2 Å². The van der Waals surface area contributed by atoms with Crippen molar-refractivity contribution >= 4 is 34.0 Å². The van der Waals surface area contributed by atoms with Crippen LogP contribution < -0.4 is 10.1 Å². The molecule has 35 heavy (non-hydrogen) atoms. The standard InChI is InChI=1S/C28H23ClFN3O2/c1-2-4-22-9-12-26(35-22)19-7-10-25-23(14-19)28(32-17-31-25)33-21-8-11-27(24(29)15-21)34-16-18-5-3-6-20(30)13-18/h3,5-15,17H,2,4,16H2,1H3,(H,31,32,33). The van der Waals surface area contributed by atoms with E-state index >= 15 is 0 Å². The lowest BCUT2D eigenvalue weighted by molar-refractivity contribution is 0.306. The van der Waals surface area contributed by atoms with Gasteiger partial charge in [0.25, 0.3) is 0 Å². The molecule has 5 aromatic rings. The minimum absolute atomic E-state index is 0.219. The fourth-order valence-corrected chi connectivity index (χ4v) is 4.08. The van der Waals surface area contributed by atoms with Gasteiger partial charge in [0, 0.05) is 23.1 Å². The van der Waals surface area contributed by atoms with Gasteiger partial charge in [-0.3, -0.25) is 0 Å². The minimum atomic E-state index is -0.301. The fourth-order valence-electron chi connectivity index (χ4n) is 3.84. The summed E-state index contributed by atoms with van der Waals surface area (Å²) in [5.74, 6) is 2.65. The molecule has 3 aromatic carbocycles. The number of anilines is 2. The summed E-state index contributed by atoms with van der Waals surface area (Å²) in [4.78, 5) is 8.83. The Morgan fingerprint density at radius 3 is 2.74 bits per heavy atom. The number of benzene rings is 3. The number of rotatable bonds is 8. The van der Waals surface area contributed by atoms with Crippen LogP contribution in [0.5, 0.6) is 5.75 Å². The fraction of sp³-hybridized carbons (Fsp3) is 0.143. The van der Waals surface area contributed by atoms with Gasteiger partial charge in [0.15, 0.2) is 0 Å². The molecule has 0 atom stereocenters. The molecule has 2 heterocycles. The minimum Gasteiger partial charge on any atom is -0.487 e. The highest BCUT2D eigenvalue weighted by molar-refractivity contribution is 6.32. The van der Waals surface area contributed by atoms with Crippen molar-refractivity contribution < 1.29 is 13.5 Å². The number of fused-ring (bicyclic) bond motifs is 1. The zero-order valence-electron chi connectivity index (χ0n) is 19.1. The highest BCUT2D eigenvalue weighted by Crippen LogP contribution is 2.33. The van der Waals surface area contributed by atoms with Crippen molar-refractivity contribution in [1.29, 1.82) is 0 Å². The van der Waals surface area contributed by atoms with Crippen molar-refractivity contribution in [2.75, 3.05) is 5.32 Å². The summed E-state index contributed by atoms with van der Waals surface area (Å²) < 4.78 is 25.2. The maximum Gasteiger partial charge on any atom is 0.141 e. The first-order valence-electron chi connectivity index (χ1n) is 11.4. The van der Waals surface area contributed by atoms with E-state index < -0.39 is 0 Å². The molecule has 0 aliphatic rings. The Bertz CT molecular complexity index is 1480. The molecule has 0 fully saturated rings. The second-order valence-electron chi connectivity index (χ2n) is 8.16. The van der Waals surface area contributed by atoms with Crippen molar-refractivity contribution in [2.24, 2.45) is 0 Å². The molecule has 0 saturated heterocycles. The third kappa shape index (κ3) is 5.28. The van der Waals surface area contributed by atoms with Gasteiger partial charge in [-0.15, -0.1) is 0 Å². The van der Waals surface area contributed by atoms with E-state index in [0.29, 0.717) is 16.6 Å². The summed E-state index contributed by atoms with van der Waals surface area (Å²) >= 11 is 6.46. The zero-order chi connectivity index (χ0) is 24.2. The molecule has 5 rings (SSSR count). The average Bonchev–Trinajstić information content (AvgIpc) is 3.32. The molecule has 1 N–H and O–H groups in total. The Hall–Kier alpha value is -3.90. The van der Waals surface area contributed by atoms with Crippen LogP contribution in [-0.2, 0) is 13.0 Å². The second-order valence-corrected chi connectivity index (χ2v) is 8.57. The number of furan rings is 1. The van der Waals surface area contributed by atoms with E-state index in [1.54, 1.807) is 24.3 Å². The van der Waals surface area contributed by atoms with Gasteiger partial charge in [-0.1, -0.05) is 30.7 Å². The number of hydrogen-bond donors (Lipinski definition) is 1. The van der Waals surface area contributed by atoms with Gasteiger partial charge < -0.3 is 14.5 Å². The predicted molar refractivity (Wildman–Crippen MR) is 137 cm³/mol. The first-order valence-corrected chi connectivity index (χ1v) is 11.7. The summed E-state index contributed by atoms with van der Waals surface area (Å²) in [7, 11) is 0. The molecule has 7 heteroatoms. The van der Waals surface area contributed by atoms with Crippen LogP contribution >= 0.6 is 11.6 Å². The lowest BCUT2D eigenvalue weighted by Crippen LogP contribution is -1.98. The molecule has 5 nitrogen and oxygen atoms in total. The molecule has 2 aromatic heterocycles. The lowest BCUT2D eigenvalue weighted by Gasteiger charge is -2.12. The van der Waals surface area contributed by atoms with Crippen molar-refractivity contribution in [3.8, 4) is 17.1 Å². The van der Waals surface area contributed by atoms with Crippen molar-refractivity contribution in [3.63, 3.8) is 0 Å². The SMILES string of the molecule is CCCc1ccc(-c2ccc3ncnc(Nc4ccc(OCc5cccc(F)c5)c(Cl)c4)c3c2)o1. The smallest absolute Gasteiger partial charge is 0.141 e. The molecule has 0 unspecified atom stereocenters. The molecule has 0 bridgehead atoms. The van der Waals surface area contributed by atoms with Gasteiger partial charge in [-0.25, -0.2) is 14.4 Å². The summed E-state index contributed by atoms with van der Waals surface area (Å²) in [5.41, 5.74) is 3.25. The highest BCUT2D eigenvalue weighted by Gasteiger charge is 2.11. The van der Waals surface area contributed by atoms with Crippen LogP contribution in [0.1, 0.15) is 24.7 Å². The van der Waals surface area contributed by atoms with Crippen molar-refractivity contribution in [3.05, 3.63) is 101 Å². The number of halogens is 2.